The molecule has 0 saturated heterocycles. The van der Waals surface area contributed by atoms with Crippen molar-refractivity contribution in [2.75, 3.05) is 7.05 Å². The van der Waals surface area contributed by atoms with Crippen LogP contribution in [-0.2, 0) is 23.1 Å². The van der Waals surface area contributed by atoms with Crippen molar-refractivity contribution in [1.29, 1.82) is 0 Å². The van der Waals surface area contributed by atoms with Gasteiger partial charge in [0.2, 0.25) is 0 Å². The van der Waals surface area contributed by atoms with Crippen LogP contribution in [0.4, 0.5) is 0 Å². The summed E-state index contributed by atoms with van der Waals surface area (Å²) in [6, 6.07) is 0. The number of aromatic amines is 2. The first-order valence-corrected chi connectivity index (χ1v) is 7.61. The van der Waals surface area contributed by atoms with Gasteiger partial charge in [-0.2, -0.15) is 10.2 Å². The zero-order valence-electron chi connectivity index (χ0n) is 11.6. The van der Waals surface area contributed by atoms with E-state index in [9.17, 15) is 8.42 Å². The van der Waals surface area contributed by atoms with Gasteiger partial charge >= 0.3 is 0 Å². The average molecular weight is 298 g/mol. The van der Waals surface area contributed by atoms with E-state index in [4.69, 9.17) is 0 Å². The molecule has 2 heterocycles. The molecule has 0 spiro atoms. The number of hydrogen-bond donors (Lipinski definition) is 4. The van der Waals surface area contributed by atoms with Crippen molar-refractivity contribution in [3.05, 3.63) is 28.7 Å². The summed E-state index contributed by atoms with van der Waals surface area (Å²) in [7, 11) is -1.90. The first kappa shape index (κ1) is 14.7. The van der Waals surface area contributed by atoms with Gasteiger partial charge in [0.25, 0.3) is 10.0 Å². The Kier molecular flexibility index (Phi) is 4.21. The highest BCUT2D eigenvalue weighted by Crippen LogP contribution is 2.16. The van der Waals surface area contributed by atoms with E-state index in [1.807, 2.05) is 6.92 Å². The summed E-state index contributed by atoms with van der Waals surface area (Å²) in [5, 5.41) is 16.2. The Morgan fingerprint density at radius 2 is 1.95 bits per heavy atom. The summed E-state index contributed by atoms with van der Waals surface area (Å²) >= 11 is 0. The minimum absolute atomic E-state index is 0.0329. The van der Waals surface area contributed by atoms with Gasteiger partial charge in [0.1, 0.15) is 0 Å². The van der Waals surface area contributed by atoms with Gasteiger partial charge < -0.3 is 5.32 Å². The molecule has 0 aliphatic heterocycles. The number of nitrogens with one attached hydrogen (secondary N) is 4. The maximum absolute atomic E-state index is 12.3. The average Bonchev–Trinajstić information content (AvgIpc) is 2.95. The number of hydrogen-bond acceptors (Lipinski definition) is 5. The molecule has 0 radical (unpaired) electrons. The number of rotatable bonds is 6. The second-order valence-corrected chi connectivity index (χ2v) is 6.19. The first-order chi connectivity index (χ1) is 9.45. The van der Waals surface area contributed by atoms with Gasteiger partial charge in [-0.1, -0.05) is 0 Å². The minimum Gasteiger partial charge on any atom is -0.316 e. The Bertz CT molecular complexity index is 688. The molecule has 0 fully saturated rings. The van der Waals surface area contributed by atoms with Gasteiger partial charge in [-0.3, -0.25) is 10.2 Å². The highest BCUT2D eigenvalue weighted by atomic mass is 32.2. The quantitative estimate of drug-likeness (QED) is 0.596. The molecule has 110 valence electrons. The van der Waals surface area contributed by atoms with E-state index < -0.39 is 10.0 Å². The molecule has 8 nitrogen and oxygen atoms in total. The van der Waals surface area contributed by atoms with Crippen molar-refractivity contribution in [3.63, 3.8) is 0 Å². The van der Waals surface area contributed by atoms with E-state index in [-0.39, 0.29) is 11.6 Å². The monoisotopic (exact) mass is 298 g/mol. The maximum Gasteiger partial charge on any atom is 0.260 e. The van der Waals surface area contributed by atoms with E-state index in [0.717, 1.165) is 17.0 Å². The van der Waals surface area contributed by atoms with Crippen LogP contribution in [-0.4, -0.2) is 35.9 Å². The van der Waals surface area contributed by atoms with E-state index >= 15 is 0 Å². The fourth-order valence-electron chi connectivity index (χ4n) is 1.83. The summed E-state index contributed by atoms with van der Waals surface area (Å²) in [6.07, 6.45) is 1.60. The normalized spacial score (nSPS) is 11.9. The number of sulfonamides is 1. The van der Waals surface area contributed by atoms with Crippen LogP contribution in [0.5, 0.6) is 0 Å². The molecule has 0 bridgehead atoms. The third kappa shape index (κ3) is 2.89. The maximum atomic E-state index is 12.3. The Balaban J connectivity index is 2.20. The molecule has 0 amide bonds. The van der Waals surface area contributed by atoms with Crippen molar-refractivity contribution >= 4 is 10.0 Å². The third-order valence-electron chi connectivity index (χ3n) is 3.03. The minimum atomic E-state index is -3.66. The number of H-pyrrole nitrogens is 2. The zero-order chi connectivity index (χ0) is 14.8. The van der Waals surface area contributed by atoms with Gasteiger partial charge in [-0.05, 0) is 20.9 Å². The van der Waals surface area contributed by atoms with Gasteiger partial charge in [0.05, 0.1) is 6.20 Å². The molecular formula is C11H18N6O2S. The highest BCUT2D eigenvalue weighted by Gasteiger charge is 2.23. The Labute approximate surface area is 117 Å². The van der Waals surface area contributed by atoms with Crippen LogP contribution in [0, 0.1) is 13.8 Å². The van der Waals surface area contributed by atoms with Crippen LogP contribution in [0.15, 0.2) is 11.2 Å². The van der Waals surface area contributed by atoms with Gasteiger partial charge in [0, 0.05) is 35.6 Å². The van der Waals surface area contributed by atoms with Crippen LogP contribution in [0.3, 0.4) is 0 Å². The molecule has 0 aromatic carbocycles. The molecule has 0 aliphatic rings. The lowest BCUT2D eigenvalue weighted by molar-refractivity contribution is 0.574. The van der Waals surface area contributed by atoms with E-state index in [2.05, 4.69) is 30.4 Å². The standard InChI is InChI=1S/C11H18N6O2S/c1-7-9(4-13-15-7)5-14-20(18,19)11-10(6-12-3)8(2)16-17-11/h4,12,14H,5-6H2,1-3H3,(H,13,15)(H,16,17). The van der Waals surface area contributed by atoms with Crippen LogP contribution in [0.25, 0.3) is 0 Å². The lowest BCUT2D eigenvalue weighted by atomic mass is 10.3. The summed E-state index contributed by atoms with van der Waals surface area (Å²) in [4.78, 5) is 0. The van der Waals surface area contributed by atoms with Crippen molar-refractivity contribution in [3.8, 4) is 0 Å². The summed E-state index contributed by atoms with van der Waals surface area (Å²) in [5.74, 6) is 0. The lowest BCUT2D eigenvalue weighted by Crippen LogP contribution is -2.25. The van der Waals surface area contributed by atoms with E-state index in [1.165, 1.54) is 0 Å². The van der Waals surface area contributed by atoms with Crippen LogP contribution in [0.2, 0.25) is 0 Å². The van der Waals surface area contributed by atoms with Crippen molar-refractivity contribution < 1.29 is 8.42 Å². The van der Waals surface area contributed by atoms with Crippen LogP contribution >= 0.6 is 0 Å². The van der Waals surface area contributed by atoms with Crippen LogP contribution in [0.1, 0.15) is 22.5 Å². The largest absolute Gasteiger partial charge is 0.316 e. The Morgan fingerprint density at radius 1 is 1.20 bits per heavy atom. The summed E-state index contributed by atoms with van der Waals surface area (Å²) < 4.78 is 27.1. The predicted octanol–water partition coefficient (Wildman–Crippen LogP) is -0.0525. The molecule has 4 N–H and O–H groups in total. The molecule has 2 aromatic heterocycles. The van der Waals surface area contributed by atoms with Crippen molar-refractivity contribution in [1.82, 2.24) is 30.4 Å². The summed E-state index contributed by atoms with van der Waals surface area (Å²) in [5.41, 5.74) is 3.01. The fraction of sp³-hybridized carbons (Fsp3) is 0.455. The molecule has 0 saturated carbocycles. The number of nitrogens with zero attached hydrogens (tertiary/aromatic N) is 2. The Hall–Kier alpha value is -1.71. The number of aryl methyl sites for hydroxylation is 2. The SMILES string of the molecule is CNCc1c(S(=O)(=O)NCc2cn[nH]c2C)n[nH]c1C. The molecule has 9 heteroatoms. The molecule has 0 aliphatic carbocycles. The van der Waals surface area contributed by atoms with Gasteiger partial charge in [0.15, 0.2) is 5.03 Å². The molecule has 20 heavy (non-hydrogen) atoms. The predicted molar refractivity (Wildman–Crippen MR) is 73.4 cm³/mol. The lowest BCUT2D eigenvalue weighted by Gasteiger charge is -2.06. The second-order valence-electron chi connectivity index (χ2n) is 4.51. The van der Waals surface area contributed by atoms with Crippen molar-refractivity contribution in [2.45, 2.75) is 32.0 Å². The smallest absolute Gasteiger partial charge is 0.260 e. The number of aromatic nitrogens is 4. The van der Waals surface area contributed by atoms with Gasteiger partial charge in [-0.25, -0.2) is 13.1 Å². The first-order valence-electron chi connectivity index (χ1n) is 6.12. The van der Waals surface area contributed by atoms with E-state index in [1.54, 1.807) is 20.2 Å². The molecular weight excluding hydrogens is 280 g/mol. The summed E-state index contributed by atoms with van der Waals surface area (Å²) in [6.45, 7) is 4.24. The topological polar surface area (TPSA) is 116 Å². The van der Waals surface area contributed by atoms with Gasteiger partial charge in [-0.15, -0.1) is 0 Å². The van der Waals surface area contributed by atoms with E-state index in [0.29, 0.717) is 12.1 Å². The molecule has 2 rings (SSSR count). The molecule has 0 unspecified atom stereocenters. The highest BCUT2D eigenvalue weighted by molar-refractivity contribution is 7.89. The fourth-order valence-corrected chi connectivity index (χ4v) is 3.03. The Morgan fingerprint density at radius 3 is 2.55 bits per heavy atom. The molecule has 2 aromatic rings. The van der Waals surface area contributed by atoms with Crippen LogP contribution < -0.4 is 10.0 Å². The third-order valence-corrected chi connectivity index (χ3v) is 4.40. The second kappa shape index (κ2) is 5.73. The molecule has 0 atom stereocenters. The zero-order valence-corrected chi connectivity index (χ0v) is 12.4. The van der Waals surface area contributed by atoms with Crippen molar-refractivity contribution in [2.24, 2.45) is 0 Å².